The van der Waals surface area contributed by atoms with Crippen LogP contribution < -0.4 is 15.4 Å². The highest BCUT2D eigenvalue weighted by atomic mass is 16.5. The van der Waals surface area contributed by atoms with Crippen LogP contribution in [-0.2, 0) is 17.8 Å². The first kappa shape index (κ1) is 18.8. The van der Waals surface area contributed by atoms with Gasteiger partial charge in [0.15, 0.2) is 0 Å². The standard InChI is InChI=1S/C21H25N3O3/c1-27-19-9-7-16(8-10-19)11-12-22-21(26)23-18-5-2-4-17(14-18)15-24-13-3-6-20(24)25/h2,4-5,7-10,14H,3,6,11-13,15H2,1H3,(H2,22,23,26). The van der Waals surface area contributed by atoms with Gasteiger partial charge in [-0.05, 0) is 48.2 Å². The fourth-order valence-corrected chi connectivity index (χ4v) is 3.13. The average molecular weight is 367 g/mol. The molecule has 142 valence electrons. The van der Waals surface area contributed by atoms with E-state index in [0.29, 0.717) is 19.5 Å². The van der Waals surface area contributed by atoms with Gasteiger partial charge >= 0.3 is 6.03 Å². The molecule has 2 N–H and O–H groups in total. The van der Waals surface area contributed by atoms with Gasteiger partial charge in [-0.1, -0.05) is 24.3 Å². The topological polar surface area (TPSA) is 70.7 Å². The second-order valence-corrected chi connectivity index (χ2v) is 6.60. The van der Waals surface area contributed by atoms with E-state index in [0.717, 1.165) is 42.0 Å². The first-order valence-electron chi connectivity index (χ1n) is 9.18. The summed E-state index contributed by atoms with van der Waals surface area (Å²) in [5, 5.41) is 5.71. The summed E-state index contributed by atoms with van der Waals surface area (Å²) in [7, 11) is 1.64. The van der Waals surface area contributed by atoms with E-state index < -0.39 is 0 Å². The Bertz CT molecular complexity index is 790. The smallest absolute Gasteiger partial charge is 0.319 e. The lowest BCUT2D eigenvalue weighted by molar-refractivity contribution is -0.128. The lowest BCUT2D eigenvalue weighted by Gasteiger charge is -2.16. The van der Waals surface area contributed by atoms with Gasteiger partial charge < -0.3 is 20.3 Å². The molecule has 6 nitrogen and oxygen atoms in total. The van der Waals surface area contributed by atoms with Crippen LogP contribution >= 0.6 is 0 Å². The van der Waals surface area contributed by atoms with Crippen molar-refractivity contribution in [3.8, 4) is 5.75 Å². The minimum absolute atomic E-state index is 0.199. The quantitative estimate of drug-likeness (QED) is 0.790. The highest BCUT2D eigenvalue weighted by molar-refractivity contribution is 5.89. The van der Waals surface area contributed by atoms with Crippen LogP contribution in [0.4, 0.5) is 10.5 Å². The van der Waals surface area contributed by atoms with Crippen LogP contribution in [0.5, 0.6) is 5.75 Å². The van der Waals surface area contributed by atoms with Gasteiger partial charge in [0.1, 0.15) is 5.75 Å². The van der Waals surface area contributed by atoms with Crippen molar-refractivity contribution in [3.63, 3.8) is 0 Å². The van der Waals surface area contributed by atoms with Crippen LogP contribution in [-0.4, -0.2) is 37.0 Å². The lowest BCUT2D eigenvalue weighted by Crippen LogP contribution is -2.30. The van der Waals surface area contributed by atoms with Crippen LogP contribution in [0, 0.1) is 0 Å². The molecule has 0 bridgehead atoms. The molecule has 6 heteroatoms. The molecule has 1 saturated heterocycles. The molecule has 1 aliphatic heterocycles. The van der Waals surface area contributed by atoms with E-state index in [1.165, 1.54) is 0 Å². The largest absolute Gasteiger partial charge is 0.497 e. The number of nitrogens with zero attached hydrogens (tertiary/aromatic N) is 1. The molecule has 1 aliphatic rings. The minimum atomic E-state index is -0.238. The predicted molar refractivity (Wildman–Crippen MR) is 105 cm³/mol. The molecule has 0 aliphatic carbocycles. The summed E-state index contributed by atoms with van der Waals surface area (Å²) in [6, 6.07) is 15.2. The van der Waals surface area contributed by atoms with Gasteiger partial charge in [-0.3, -0.25) is 4.79 Å². The molecule has 1 fully saturated rings. The fourth-order valence-electron chi connectivity index (χ4n) is 3.13. The van der Waals surface area contributed by atoms with E-state index in [1.807, 2.05) is 53.4 Å². The molecule has 2 aromatic carbocycles. The van der Waals surface area contributed by atoms with E-state index in [4.69, 9.17) is 4.74 Å². The Morgan fingerprint density at radius 3 is 2.67 bits per heavy atom. The van der Waals surface area contributed by atoms with E-state index >= 15 is 0 Å². The Morgan fingerprint density at radius 1 is 1.15 bits per heavy atom. The zero-order chi connectivity index (χ0) is 19.1. The maximum atomic E-state index is 12.1. The SMILES string of the molecule is COc1ccc(CCNC(=O)Nc2cccc(CN3CCCC3=O)c2)cc1. The molecule has 0 unspecified atom stereocenters. The Morgan fingerprint density at radius 2 is 1.96 bits per heavy atom. The van der Waals surface area contributed by atoms with Crippen molar-refractivity contribution in [3.05, 3.63) is 59.7 Å². The molecule has 1 heterocycles. The zero-order valence-corrected chi connectivity index (χ0v) is 15.5. The van der Waals surface area contributed by atoms with Crippen LogP contribution in [0.3, 0.4) is 0 Å². The average Bonchev–Trinajstić information content (AvgIpc) is 3.07. The molecule has 0 radical (unpaired) electrons. The molecular formula is C21H25N3O3. The van der Waals surface area contributed by atoms with E-state index in [1.54, 1.807) is 7.11 Å². The fraction of sp³-hybridized carbons (Fsp3) is 0.333. The van der Waals surface area contributed by atoms with Crippen molar-refractivity contribution >= 4 is 17.6 Å². The molecule has 3 amide bonds. The van der Waals surface area contributed by atoms with Gasteiger partial charge in [-0.15, -0.1) is 0 Å². The second kappa shape index (κ2) is 9.07. The second-order valence-electron chi connectivity index (χ2n) is 6.60. The Hall–Kier alpha value is -3.02. The van der Waals surface area contributed by atoms with Crippen LogP contribution in [0.2, 0.25) is 0 Å². The zero-order valence-electron chi connectivity index (χ0n) is 15.5. The number of benzene rings is 2. The van der Waals surface area contributed by atoms with Crippen molar-refractivity contribution in [1.82, 2.24) is 10.2 Å². The monoisotopic (exact) mass is 367 g/mol. The highest BCUT2D eigenvalue weighted by Crippen LogP contribution is 2.17. The number of urea groups is 1. The van der Waals surface area contributed by atoms with Crippen LogP contribution in [0.1, 0.15) is 24.0 Å². The van der Waals surface area contributed by atoms with Gasteiger partial charge in [-0.25, -0.2) is 4.79 Å². The van der Waals surface area contributed by atoms with Crippen molar-refractivity contribution in [2.45, 2.75) is 25.8 Å². The third kappa shape index (κ3) is 5.48. The summed E-state index contributed by atoms with van der Waals surface area (Å²) < 4.78 is 5.13. The molecule has 0 aromatic heterocycles. The number of methoxy groups -OCH3 is 1. The van der Waals surface area contributed by atoms with Crippen LogP contribution in [0.25, 0.3) is 0 Å². The van der Waals surface area contributed by atoms with E-state index in [-0.39, 0.29) is 11.9 Å². The summed E-state index contributed by atoms with van der Waals surface area (Å²) in [6.45, 7) is 1.94. The maximum absolute atomic E-state index is 12.1. The van der Waals surface area contributed by atoms with Gasteiger partial charge in [0.2, 0.25) is 5.91 Å². The third-order valence-electron chi connectivity index (χ3n) is 4.59. The summed E-state index contributed by atoms with van der Waals surface area (Å²) in [6.07, 6.45) is 2.30. The third-order valence-corrected chi connectivity index (χ3v) is 4.59. The number of carbonyl (C=O) groups excluding carboxylic acids is 2. The maximum Gasteiger partial charge on any atom is 0.319 e. The number of likely N-dealkylation sites (tertiary alicyclic amines) is 1. The van der Waals surface area contributed by atoms with Crippen molar-refractivity contribution < 1.29 is 14.3 Å². The Kier molecular flexibility index (Phi) is 6.30. The van der Waals surface area contributed by atoms with Gasteiger partial charge in [0, 0.05) is 31.7 Å². The molecule has 0 spiro atoms. The number of nitrogens with one attached hydrogen (secondary N) is 2. The molecule has 2 aromatic rings. The van der Waals surface area contributed by atoms with Crippen LogP contribution in [0.15, 0.2) is 48.5 Å². The van der Waals surface area contributed by atoms with Crippen molar-refractivity contribution in [2.75, 3.05) is 25.5 Å². The normalized spacial score (nSPS) is 13.5. The first-order valence-corrected chi connectivity index (χ1v) is 9.18. The Labute approximate surface area is 159 Å². The first-order chi connectivity index (χ1) is 13.1. The number of carbonyl (C=O) groups is 2. The number of rotatable bonds is 7. The minimum Gasteiger partial charge on any atom is -0.497 e. The Balaban J connectivity index is 1.45. The predicted octanol–water partition coefficient (Wildman–Crippen LogP) is 3.18. The van der Waals surface area contributed by atoms with Crippen molar-refractivity contribution in [2.24, 2.45) is 0 Å². The number of hydrogen-bond donors (Lipinski definition) is 2. The highest BCUT2D eigenvalue weighted by Gasteiger charge is 2.19. The molecule has 0 atom stereocenters. The van der Waals surface area contributed by atoms with E-state index in [2.05, 4.69) is 10.6 Å². The van der Waals surface area contributed by atoms with E-state index in [9.17, 15) is 9.59 Å². The number of ether oxygens (including phenoxy) is 1. The summed E-state index contributed by atoms with van der Waals surface area (Å²) >= 11 is 0. The summed E-state index contributed by atoms with van der Waals surface area (Å²) in [5.41, 5.74) is 2.87. The van der Waals surface area contributed by atoms with Gasteiger partial charge in [-0.2, -0.15) is 0 Å². The molecule has 0 saturated carbocycles. The molecule has 27 heavy (non-hydrogen) atoms. The number of hydrogen-bond acceptors (Lipinski definition) is 3. The van der Waals surface area contributed by atoms with Gasteiger partial charge in [0.05, 0.1) is 7.11 Å². The lowest BCUT2D eigenvalue weighted by atomic mass is 10.1. The number of anilines is 1. The number of amides is 3. The summed E-state index contributed by atoms with van der Waals surface area (Å²) in [5.74, 6) is 1.02. The molecule has 3 rings (SSSR count). The van der Waals surface area contributed by atoms with Crippen molar-refractivity contribution in [1.29, 1.82) is 0 Å². The van der Waals surface area contributed by atoms with Gasteiger partial charge in [0.25, 0.3) is 0 Å². The molecular weight excluding hydrogens is 342 g/mol. The summed E-state index contributed by atoms with van der Waals surface area (Å²) in [4.78, 5) is 25.7.